The second-order valence-electron chi connectivity index (χ2n) is 2.77. The minimum absolute atomic E-state index is 0.0113. The minimum Gasteiger partial charge on any atom is -0.367 e. The van der Waals surface area contributed by atoms with E-state index in [0.29, 0.717) is 0 Å². The molecule has 4 nitrogen and oxygen atoms in total. The van der Waals surface area contributed by atoms with Gasteiger partial charge < -0.3 is 8.23 Å². The van der Waals surface area contributed by atoms with Crippen molar-refractivity contribution in [2.24, 2.45) is 7.05 Å². The molecule has 0 atom stereocenters. The van der Waals surface area contributed by atoms with Crippen LogP contribution in [0, 0.1) is 0 Å². The predicted molar refractivity (Wildman–Crippen MR) is 48.9 cm³/mol. The molecule has 0 amide bonds. The third kappa shape index (κ3) is 0.909. The predicted octanol–water partition coefficient (Wildman–Crippen LogP) is -0.869. The van der Waals surface area contributed by atoms with E-state index in [9.17, 15) is 4.79 Å². The zero-order valence-electron chi connectivity index (χ0n) is 6.98. The highest BCUT2D eigenvalue weighted by Gasteiger charge is 2.01. The molecule has 0 aromatic carbocycles. The molecule has 2 heterocycles. The molecule has 0 bridgehead atoms. The van der Waals surface area contributed by atoms with Crippen LogP contribution in [0.5, 0.6) is 0 Å². The van der Waals surface area contributed by atoms with Crippen LogP contribution in [0.2, 0.25) is 0 Å². The summed E-state index contributed by atoms with van der Waals surface area (Å²) >= 11 is 0.845. The first kappa shape index (κ1) is 7.59. The van der Waals surface area contributed by atoms with Crippen LogP contribution in [-0.4, -0.2) is 29.8 Å². The van der Waals surface area contributed by atoms with Gasteiger partial charge in [0.25, 0.3) is 5.56 Å². The van der Waals surface area contributed by atoms with Crippen molar-refractivity contribution in [2.45, 2.75) is 0 Å². The van der Waals surface area contributed by atoms with Crippen LogP contribution >= 0.6 is 0 Å². The first-order chi connectivity index (χ1) is 5.70. The molecule has 2 aromatic heterocycles. The number of rotatable bonds is 0. The van der Waals surface area contributed by atoms with Crippen LogP contribution < -0.4 is 5.56 Å². The summed E-state index contributed by atoms with van der Waals surface area (Å²) in [4.78, 5) is 11.2. The molecule has 0 aliphatic rings. The number of pyridine rings is 1. The molecule has 60 valence electrons. The van der Waals surface area contributed by atoms with Crippen molar-refractivity contribution in [3.63, 3.8) is 0 Å². The Kier molecular flexibility index (Phi) is 1.57. The third-order valence-corrected chi connectivity index (χ3v) is 2.75. The lowest BCUT2D eigenvalue weighted by molar-refractivity contribution is 0.906. The fraction of sp³-hybridized carbons (Fsp3) is 0.143. The zero-order valence-corrected chi connectivity index (χ0v) is 8.98. The van der Waals surface area contributed by atoms with Crippen LogP contribution in [0.25, 0.3) is 11.0 Å². The summed E-state index contributed by atoms with van der Waals surface area (Å²) in [6.45, 7) is 0. The van der Waals surface area contributed by atoms with Gasteiger partial charge in [-0.3, -0.25) is 4.79 Å². The Hall–Kier alpha value is -1.05. The summed E-state index contributed by atoms with van der Waals surface area (Å²) in [5.41, 5.74) is 1.94. The maximum absolute atomic E-state index is 11.2. The molecule has 0 unspecified atom stereocenters. The molecule has 0 saturated carbocycles. The van der Waals surface area contributed by atoms with E-state index in [1.807, 2.05) is 9.73 Å². The van der Waals surface area contributed by atoms with E-state index >= 15 is 0 Å². The molecule has 0 saturated heterocycles. The van der Waals surface area contributed by atoms with Gasteiger partial charge in [-0.1, -0.05) is 0 Å². The number of nitrogens with zero attached hydrogens (tertiary/aromatic N) is 3. The van der Waals surface area contributed by atoms with Crippen LogP contribution in [0.3, 0.4) is 0 Å². The van der Waals surface area contributed by atoms with Gasteiger partial charge in [0.15, 0.2) is 0 Å². The summed E-state index contributed by atoms with van der Waals surface area (Å²) in [6, 6.07) is 3.38. The monoisotopic (exact) mass is 177 g/mol. The van der Waals surface area contributed by atoms with E-state index in [-0.39, 0.29) is 5.56 Å². The topological polar surface area (TPSA) is 39.8 Å². The van der Waals surface area contributed by atoms with Gasteiger partial charge in [0, 0.05) is 13.1 Å². The smallest absolute Gasteiger partial charge is 0.367 e. The Morgan fingerprint density at radius 1 is 1.42 bits per heavy atom. The van der Waals surface area contributed by atoms with E-state index in [1.165, 1.54) is 0 Å². The summed E-state index contributed by atoms with van der Waals surface area (Å²) in [7, 11) is 1.76. The Bertz CT molecular complexity index is 485. The minimum atomic E-state index is 0.0113. The van der Waals surface area contributed by atoms with Crippen molar-refractivity contribution in [3.05, 3.63) is 28.7 Å². The van der Waals surface area contributed by atoms with Crippen molar-refractivity contribution < 1.29 is 0 Å². The second kappa shape index (κ2) is 2.47. The average Bonchev–Trinajstić information content (AvgIpc) is 2.41. The van der Waals surface area contributed by atoms with Crippen molar-refractivity contribution in [3.8, 4) is 0 Å². The number of hydrogen-bond donors (Lipinski definition) is 0. The normalized spacial score (nSPS) is 10.8. The SMILES string of the molecule is Cn1c(=O)ccc2c1cn[n]2[AlH2]. The fourth-order valence-electron chi connectivity index (χ4n) is 1.27. The van der Waals surface area contributed by atoms with Gasteiger partial charge in [-0.2, -0.15) is 0 Å². The average molecular weight is 177 g/mol. The Labute approximate surface area is 77.1 Å². The number of aryl methyl sites for hydroxylation is 1. The highest BCUT2D eigenvalue weighted by molar-refractivity contribution is 6.10. The second-order valence-corrected chi connectivity index (χ2v) is 3.62. The summed E-state index contributed by atoms with van der Waals surface area (Å²) in [5.74, 6) is 0. The van der Waals surface area contributed by atoms with E-state index in [4.69, 9.17) is 0 Å². The molecule has 5 heteroatoms. The molecule has 0 spiro atoms. The lowest BCUT2D eigenvalue weighted by atomic mass is 10.4. The molecule has 2 aromatic rings. The van der Waals surface area contributed by atoms with Crippen molar-refractivity contribution >= 4 is 27.5 Å². The zero-order chi connectivity index (χ0) is 8.72. The third-order valence-electron chi connectivity index (χ3n) is 2.04. The van der Waals surface area contributed by atoms with Crippen molar-refractivity contribution in [2.75, 3.05) is 0 Å². The van der Waals surface area contributed by atoms with Gasteiger partial charge in [-0.25, -0.2) is 5.10 Å². The molecule has 0 N–H and O–H groups in total. The van der Waals surface area contributed by atoms with Crippen molar-refractivity contribution in [1.29, 1.82) is 0 Å². The molecule has 0 fully saturated rings. The molecule has 0 radical (unpaired) electrons. The maximum atomic E-state index is 11.2. The lowest BCUT2D eigenvalue weighted by Gasteiger charge is -1.98. The highest BCUT2D eigenvalue weighted by Crippen LogP contribution is 2.07. The standard InChI is InChI=1S/C7H7N3O.Al.2H/c1-10-6-4-8-9-5(6)2-3-7(10)11;;;/h2-4H,1H3,(H,8,9,11);;;/q;+1;;/p-1. The van der Waals surface area contributed by atoms with Gasteiger partial charge in [0.1, 0.15) is 0 Å². The van der Waals surface area contributed by atoms with Gasteiger partial charge in [-0.05, 0) is 6.07 Å². The van der Waals surface area contributed by atoms with Gasteiger partial charge in [0.2, 0.25) is 0 Å². The Morgan fingerprint density at radius 3 is 2.92 bits per heavy atom. The van der Waals surface area contributed by atoms with Gasteiger partial charge in [-0.15, -0.1) is 0 Å². The van der Waals surface area contributed by atoms with E-state index in [2.05, 4.69) is 5.10 Å². The summed E-state index contributed by atoms with van der Waals surface area (Å²) < 4.78 is 3.49. The van der Waals surface area contributed by atoms with E-state index in [1.54, 1.807) is 23.9 Å². The molecule has 0 aliphatic heterocycles. The maximum Gasteiger partial charge on any atom is 0.398 e. The summed E-state index contributed by atoms with van der Waals surface area (Å²) in [5, 5.41) is 4.12. The number of hydrogen-bond acceptors (Lipinski definition) is 2. The molecular weight excluding hydrogens is 169 g/mol. The fourth-order valence-corrected chi connectivity index (χ4v) is 1.76. The summed E-state index contributed by atoms with van der Waals surface area (Å²) in [6.07, 6.45) is 1.73. The number of fused-ring (bicyclic) bond motifs is 1. The Balaban J connectivity index is 3.02. The van der Waals surface area contributed by atoms with E-state index in [0.717, 1.165) is 27.5 Å². The molecule has 0 aliphatic carbocycles. The van der Waals surface area contributed by atoms with Gasteiger partial charge in [0.05, 0.1) is 17.2 Å². The number of aromatic nitrogens is 3. The Morgan fingerprint density at radius 2 is 2.17 bits per heavy atom. The lowest BCUT2D eigenvalue weighted by Crippen LogP contribution is -2.14. The van der Waals surface area contributed by atoms with Crippen LogP contribution in [0.15, 0.2) is 23.1 Å². The molecule has 2 rings (SSSR count). The largest absolute Gasteiger partial charge is 0.398 e. The van der Waals surface area contributed by atoms with Crippen LogP contribution in [0.1, 0.15) is 0 Å². The van der Waals surface area contributed by atoms with Crippen LogP contribution in [-0.2, 0) is 7.05 Å². The van der Waals surface area contributed by atoms with Crippen LogP contribution in [0.4, 0.5) is 0 Å². The highest BCUT2D eigenvalue weighted by atomic mass is 27.1. The van der Waals surface area contributed by atoms with Gasteiger partial charge >= 0.3 is 16.5 Å². The quantitative estimate of drug-likeness (QED) is 0.491. The first-order valence-corrected chi connectivity index (χ1v) is 4.57. The first-order valence-electron chi connectivity index (χ1n) is 3.68. The van der Waals surface area contributed by atoms with E-state index < -0.39 is 0 Å². The molecular formula is C7H8AlN3O. The molecule has 12 heavy (non-hydrogen) atoms. The van der Waals surface area contributed by atoms with Crippen molar-refractivity contribution in [1.82, 2.24) is 13.3 Å².